The monoisotopic (exact) mass is 421 g/mol. The zero-order valence-electron chi connectivity index (χ0n) is 19.3. The summed E-state index contributed by atoms with van der Waals surface area (Å²) in [6, 6.07) is 4.51. The highest BCUT2D eigenvalue weighted by molar-refractivity contribution is 6.11. The van der Waals surface area contributed by atoms with E-state index in [9.17, 15) is 4.79 Å². The molecular formula is C25H35N5O. The van der Waals surface area contributed by atoms with Gasteiger partial charge in [-0.3, -0.25) is 10.2 Å². The second-order valence-corrected chi connectivity index (χ2v) is 8.55. The van der Waals surface area contributed by atoms with E-state index in [0.29, 0.717) is 6.54 Å². The minimum Gasteiger partial charge on any atom is -0.353 e. The Balaban J connectivity index is 0.00000112. The lowest BCUT2D eigenvalue weighted by molar-refractivity contribution is -0.124. The van der Waals surface area contributed by atoms with Gasteiger partial charge in [0, 0.05) is 29.3 Å². The molecule has 31 heavy (non-hydrogen) atoms. The summed E-state index contributed by atoms with van der Waals surface area (Å²) in [6.45, 7) is 10.7. The third kappa shape index (κ3) is 3.57. The second kappa shape index (κ2) is 8.87. The first-order valence-electron chi connectivity index (χ1n) is 11.8. The summed E-state index contributed by atoms with van der Waals surface area (Å²) in [5.41, 5.74) is 9.77. The Hall–Kier alpha value is -2.60. The first-order chi connectivity index (χ1) is 15.1. The van der Waals surface area contributed by atoms with Gasteiger partial charge in [-0.2, -0.15) is 5.10 Å². The molecule has 2 aromatic rings. The van der Waals surface area contributed by atoms with Gasteiger partial charge in [0.2, 0.25) is 5.91 Å². The maximum Gasteiger partial charge on any atom is 0.237 e. The van der Waals surface area contributed by atoms with E-state index in [0.717, 1.165) is 62.1 Å². The minimum absolute atomic E-state index is 0.284. The Bertz CT molecular complexity index is 1030. The first kappa shape index (κ1) is 21.6. The van der Waals surface area contributed by atoms with Crippen molar-refractivity contribution in [3.63, 3.8) is 0 Å². The number of rotatable bonds is 1. The average molecular weight is 422 g/mol. The molecule has 0 radical (unpaired) electrons. The molecule has 6 heteroatoms. The molecule has 4 heterocycles. The molecule has 1 fully saturated rings. The summed E-state index contributed by atoms with van der Waals surface area (Å²) in [5.74, 6) is 0.284. The lowest BCUT2D eigenvalue weighted by atomic mass is 9.74. The Kier molecular flexibility index (Phi) is 6.19. The van der Waals surface area contributed by atoms with Crippen LogP contribution < -0.4 is 15.6 Å². The lowest BCUT2D eigenvalue weighted by Gasteiger charge is -2.32. The molecule has 3 N–H and O–H groups in total. The number of nitrogens with zero attached hydrogens (tertiary/aromatic N) is 2. The van der Waals surface area contributed by atoms with Crippen molar-refractivity contribution in [1.29, 1.82) is 0 Å². The zero-order chi connectivity index (χ0) is 22.0. The van der Waals surface area contributed by atoms with E-state index in [1.807, 2.05) is 31.2 Å². The molecule has 0 aliphatic carbocycles. The number of anilines is 1. The quantitative estimate of drug-likeness (QED) is 0.641. The number of nitrogens with one attached hydrogen (secondary N) is 3. The maximum atomic E-state index is 13.4. The van der Waals surface area contributed by atoms with E-state index < -0.39 is 0 Å². The number of aromatic amines is 1. The maximum absolute atomic E-state index is 13.4. The van der Waals surface area contributed by atoms with Crippen molar-refractivity contribution in [2.45, 2.75) is 65.2 Å². The molecule has 0 atom stereocenters. The molecule has 0 saturated carbocycles. The fourth-order valence-corrected chi connectivity index (χ4v) is 5.29. The highest BCUT2D eigenvalue weighted by atomic mass is 16.2. The topological polar surface area (TPSA) is 72.5 Å². The molecule has 0 unspecified atom stereocenters. The summed E-state index contributed by atoms with van der Waals surface area (Å²) in [4.78, 5) is 19.0. The van der Waals surface area contributed by atoms with E-state index in [2.05, 4.69) is 46.8 Å². The third-order valence-electron chi connectivity index (χ3n) is 6.87. The van der Waals surface area contributed by atoms with Gasteiger partial charge < -0.3 is 15.2 Å². The van der Waals surface area contributed by atoms with Crippen LogP contribution in [-0.2, 0) is 16.6 Å². The number of hydrogen-bond acceptors (Lipinski definition) is 4. The number of hydrogen-bond donors (Lipinski definition) is 3. The van der Waals surface area contributed by atoms with Crippen LogP contribution in [0.4, 0.5) is 5.69 Å². The van der Waals surface area contributed by atoms with Crippen molar-refractivity contribution in [3.8, 4) is 0 Å². The largest absolute Gasteiger partial charge is 0.353 e. The summed E-state index contributed by atoms with van der Waals surface area (Å²) < 4.78 is 0. The molecule has 5 rings (SSSR count). The van der Waals surface area contributed by atoms with E-state index in [1.165, 1.54) is 22.1 Å². The molecule has 1 amide bonds. The second-order valence-electron chi connectivity index (χ2n) is 8.55. The van der Waals surface area contributed by atoms with Crippen molar-refractivity contribution in [2.24, 2.45) is 5.10 Å². The number of likely N-dealkylation sites (N-methyl/N-ethyl adjacent to an activating group) is 1. The Morgan fingerprint density at radius 1 is 1.16 bits per heavy atom. The number of hydrazone groups is 1. The number of aromatic nitrogens is 1. The number of H-pyrrole nitrogens is 1. The molecule has 1 aromatic carbocycles. The van der Waals surface area contributed by atoms with Crippen LogP contribution in [0.2, 0.25) is 0 Å². The van der Waals surface area contributed by atoms with Crippen LogP contribution in [0.25, 0.3) is 10.9 Å². The van der Waals surface area contributed by atoms with Gasteiger partial charge >= 0.3 is 0 Å². The predicted molar refractivity (Wildman–Crippen MR) is 129 cm³/mol. The first-order valence-corrected chi connectivity index (χ1v) is 11.8. The van der Waals surface area contributed by atoms with Gasteiger partial charge in [0.1, 0.15) is 0 Å². The van der Waals surface area contributed by atoms with Crippen LogP contribution >= 0.6 is 0 Å². The molecule has 3 aliphatic rings. The van der Waals surface area contributed by atoms with E-state index in [1.54, 1.807) is 0 Å². The van der Waals surface area contributed by atoms with Gasteiger partial charge in [-0.15, -0.1) is 0 Å². The molecule has 3 aliphatic heterocycles. The highest BCUT2D eigenvalue weighted by Gasteiger charge is 2.50. The summed E-state index contributed by atoms with van der Waals surface area (Å²) in [5, 5.41) is 9.01. The van der Waals surface area contributed by atoms with Gasteiger partial charge in [0.15, 0.2) is 0 Å². The van der Waals surface area contributed by atoms with Crippen LogP contribution in [0.5, 0.6) is 0 Å². The molecule has 1 saturated heterocycles. The number of allylic oxidation sites excluding steroid dienone is 1. The van der Waals surface area contributed by atoms with Crippen molar-refractivity contribution >= 4 is 28.7 Å². The van der Waals surface area contributed by atoms with Crippen molar-refractivity contribution in [3.05, 3.63) is 40.7 Å². The highest BCUT2D eigenvalue weighted by Crippen LogP contribution is 2.48. The van der Waals surface area contributed by atoms with E-state index >= 15 is 0 Å². The van der Waals surface area contributed by atoms with Crippen molar-refractivity contribution < 1.29 is 4.79 Å². The smallest absolute Gasteiger partial charge is 0.237 e. The summed E-state index contributed by atoms with van der Waals surface area (Å²) in [6.07, 6.45) is 8.76. The van der Waals surface area contributed by atoms with Crippen molar-refractivity contribution in [1.82, 2.24) is 15.7 Å². The molecule has 166 valence electrons. The van der Waals surface area contributed by atoms with Crippen LogP contribution in [0.1, 0.15) is 70.2 Å². The number of aryl methyl sites for hydroxylation is 1. The van der Waals surface area contributed by atoms with Crippen LogP contribution in [0.15, 0.2) is 29.0 Å². The lowest BCUT2D eigenvalue weighted by Crippen LogP contribution is -2.47. The number of benzene rings is 1. The van der Waals surface area contributed by atoms with Crippen LogP contribution in [0.3, 0.4) is 0 Å². The number of fused-ring (bicyclic) bond motifs is 5. The SMILES string of the molecule is CC.CCN1C(=O)C2(CCNCC2)c2cc3[nH]c4c(c3cc21)CCC/C(C)=C/N/N=C/4. The fraction of sp³-hybridized carbons (Fsp3) is 0.520. The Morgan fingerprint density at radius 3 is 2.68 bits per heavy atom. The minimum atomic E-state index is -0.365. The number of carbonyl (C=O) groups is 1. The van der Waals surface area contributed by atoms with Gasteiger partial charge in [0.05, 0.1) is 17.3 Å². The summed E-state index contributed by atoms with van der Waals surface area (Å²) >= 11 is 0. The van der Waals surface area contributed by atoms with Crippen molar-refractivity contribution in [2.75, 3.05) is 24.5 Å². The van der Waals surface area contributed by atoms with Gasteiger partial charge in [0.25, 0.3) is 0 Å². The molecule has 1 aromatic heterocycles. The molecular weight excluding hydrogens is 386 g/mol. The normalized spacial score (nSPS) is 22.6. The van der Waals surface area contributed by atoms with Gasteiger partial charge in [-0.25, -0.2) is 0 Å². The average Bonchev–Trinajstić information content (AvgIpc) is 3.25. The number of carbonyl (C=O) groups excluding carboxylic acids is 1. The standard InChI is InChI=1S/C23H29N5O.C2H6/c1-3-28-21-11-17-16-6-4-5-15(2)13-25-26-14-20(16)27-19(17)12-18(21)23(22(28)29)7-9-24-10-8-23;1-2/h11-14,24-25,27H,3-10H2,1-2H3;1-2H3/b15-13+,26-14+;. The Morgan fingerprint density at radius 2 is 1.94 bits per heavy atom. The molecule has 0 bridgehead atoms. The zero-order valence-corrected chi connectivity index (χ0v) is 19.3. The fourth-order valence-electron chi connectivity index (χ4n) is 5.29. The third-order valence-corrected chi connectivity index (χ3v) is 6.87. The molecule has 1 spiro atoms. The predicted octanol–water partition coefficient (Wildman–Crippen LogP) is 4.35. The number of piperidine rings is 1. The Labute approximate surface area is 185 Å². The van der Waals surface area contributed by atoms with E-state index in [4.69, 9.17) is 0 Å². The number of amides is 1. The van der Waals surface area contributed by atoms with Gasteiger partial charge in [-0.05, 0) is 82.3 Å². The van der Waals surface area contributed by atoms with Crippen LogP contribution in [0, 0.1) is 0 Å². The van der Waals surface area contributed by atoms with E-state index in [-0.39, 0.29) is 11.3 Å². The summed E-state index contributed by atoms with van der Waals surface area (Å²) in [7, 11) is 0. The van der Waals surface area contributed by atoms with Crippen LogP contribution in [-0.4, -0.2) is 36.7 Å². The van der Waals surface area contributed by atoms with Gasteiger partial charge in [-0.1, -0.05) is 19.4 Å². The molecule has 6 nitrogen and oxygen atoms in total.